The minimum Gasteiger partial charge on any atom is -0.340 e. The van der Waals surface area contributed by atoms with Crippen LogP contribution in [0.3, 0.4) is 0 Å². The Morgan fingerprint density at radius 3 is 2.67 bits per heavy atom. The molecule has 1 aromatic rings. The van der Waals surface area contributed by atoms with Crippen LogP contribution in [0.25, 0.3) is 0 Å². The SMILES string of the molecule is O=C1CCC(NC(=O)c2cccc(S(=O)(=O)Cl)c2)C(=O)N1. The Balaban J connectivity index is 2.14. The summed E-state index contributed by atoms with van der Waals surface area (Å²) in [4.78, 5) is 34.3. The zero-order valence-electron chi connectivity index (χ0n) is 10.6. The van der Waals surface area contributed by atoms with Crippen molar-refractivity contribution in [1.29, 1.82) is 0 Å². The maximum Gasteiger partial charge on any atom is 0.261 e. The van der Waals surface area contributed by atoms with Crippen molar-refractivity contribution in [1.82, 2.24) is 10.6 Å². The second kappa shape index (κ2) is 5.82. The largest absolute Gasteiger partial charge is 0.340 e. The molecule has 2 N–H and O–H groups in total. The summed E-state index contributed by atoms with van der Waals surface area (Å²) < 4.78 is 22.4. The number of carbonyl (C=O) groups excluding carboxylic acids is 3. The zero-order valence-corrected chi connectivity index (χ0v) is 12.2. The number of nitrogens with one attached hydrogen (secondary N) is 2. The van der Waals surface area contributed by atoms with E-state index in [0.717, 1.165) is 6.07 Å². The quantitative estimate of drug-likeness (QED) is 0.605. The lowest BCUT2D eigenvalue weighted by Gasteiger charge is -2.21. The summed E-state index contributed by atoms with van der Waals surface area (Å²) in [6, 6.07) is 4.31. The van der Waals surface area contributed by atoms with Crippen molar-refractivity contribution in [3.8, 4) is 0 Å². The van der Waals surface area contributed by atoms with Gasteiger partial charge in [0, 0.05) is 22.7 Å². The predicted octanol–water partition coefficient (Wildman–Crippen LogP) is 0.149. The molecule has 1 unspecified atom stereocenters. The van der Waals surface area contributed by atoms with Gasteiger partial charge in [-0.3, -0.25) is 19.7 Å². The molecular weight excluding hydrogens is 320 g/mol. The highest BCUT2D eigenvalue weighted by Gasteiger charge is 2.28. The zero-order chi connectivity index (χ0) is 15.6. The number of rotatable bonds is 3. The standard InChI is InChI=1S/C12H11ClN2O5S/c13-21(19,20)8-3-1-2-7(6-8)11(17)14-9-4-5-10(16)15-12(9)18/h1-3,6,9H,4-5H2,(H,14,17)(H,15,16,18). The molecule has 1 aliphatic heterocycles. The maximum atomic E-state index is 12.0. The average molecular weight is 331 g/mol. The van der Waals surface area contributed by atoms with Gasteiger partial charge in [0.25, 0.3) is 15.0 Å². The smallest absolute Gasteiger partial charge is 0.261 e. The van der Waals surface area contributed by atoms with E-state index in [9.17, 15) is 22.8 Å². The van der Waals surface area contributed by atoms with Crippen LogP contribution in [0.2, 0.25) is 0 Å². The van der Waals surface area contributed by atoms with Gasteiger partial charge in [0.05, 0.1) is 4.90 Å². The third-order valence-electron chi connectivity index (χ3n) is 2.92. The molecule has 0 saturated carbocycles. The summed E-state index contributed by atoms with van der Waals surface area (Å²) in [5.74, 6) is -1.59. The van der Waals surface area contributed by atoms with Crippen molar-refractivity contribution in [2.75, 3.05) is 0 Å². The van der Waals surface area contributed by atoms with Crippen LogP contribution in [0.15, 0.2) is 29.2 Å². The first-order valence-corrected chi connectivity index (χ1v) is 8.27. The molecule has 21 heavy (non-hydrogen) atoms. The molecular formula is C12H11ClN2O5S. The maximum absolute atomic E-state index is 12.0. The van der Waals surface area contributed by atoms with Gasteiger partial charge in [-0.05, 0) is 24.6 Å². The Hall–Kier alpha value is -1.93. The summed E-state index contributed by atoms with van der Waals surface area (Å²) in [5, 5.41) is 4.56. The van der Waals surface area contributed by atoms with Crippen LogP contribution in [-0.4, -0.2) is 32.2 Å². The van der Waals surface area contributed by atoms with E-state index in [-0.39, 0.29) is 29.2 Å². The van der Waals surface area contributed by atoms with Crippen LogP contribution in [0.1, 0.15) is 23.2 Å². The fraction of sp³-hybridized carbons (Fsp3) is 0.250. The molecule has 2 rings (SSSR count). The van der Waals surface area contributed by atoms with E-state index in [1.807, 2.05) is 0 Å². The molecule has 0 spiro atoms. The van der Waals surface area contributed by atoms with Gasteiger partial charge in [0.2, 0.25) is 11.8 Å². The summed E-state index contributed by atoms with van der Waals surface area (Å²) in [7, 11) is 1.26. The molecule has 0 aromatic heterocycles. The van der Waals surface area contributed by atoms with Crippen molar-refractivity contribution < 1.29 is 22.8 Å². The van der Waals surface area contributed by atoms with Gasteiger partial charge in [-0.1, -0.05) is 6.07 Å². The Kier molecular flexibility index (Phi) is 4.29. The first kappa shape index (κ1) is 15.5. The highest BCUT2D eigenvalue weighted by atomic mass is 35.7. The second-order valence-electron chi connectivity index (χ2n) is 4.44. The third-order valence-corrected chi connectivity index (χ3v) is 4.27. The number of piperidine rings is 1. The molecule has 7 nitrogen and oxygen atoms in total. The number of halogens is 1. The predicted molar refractivity (Wildman–Crippen MR) is 73.1 cm³/mol. The number of hydrogen-bond donors (Lipinski definition) is 2. The molecule has 1 saturated heterocycles. The van der Waals surface area contributed by atoms with E-state index in [0.29, 0.717) is 0 Å². The molecule has 9 heteroatoms. The van der Waals surface area contributed by atoms with E-state index < -0.39 is 26.9 Å². The second-order valence-corrected chi connectivity index (χ2v) is 7.01. The van der Waals surface area contributed by atoms with Crippen LogP contribution < -0.4 is 10.6 Å². The molecule has 1 aromatic carbocycles. The van der Waals surface area contributed by atoms with Gasteiger partial charge in [0.1, 0.15) is 6.04 Å². The van der Waals surface area contributed by atoms with Gasteiger partial charge in [0.15, 0.2) is 0 Å². The molecule has 0 bridgehead atoms. The van der Waals surface area contributed by atoms with E-state index in [1.54, 1.807) is 0 Å². The fourth-order valence-corrected chi connectivity index (χ4v) is 2.66. The van der Waals surface area contributed by atoms with E-state index in [1.165, 1.54) is 18.2 Å². The summed E-state index contributed by atoms with van der Waals surface area (Å²) in [6.45, 7) is 0. The summed E-state index contributed by atoms with van der Waals surface area (Å²) in [5.41, 5.74) is 0.0569. The normalized spacial score (nSPS) is 19.0. The van der Waals surface area contributed by atoms with Gasteiger partial charge in [-0.15, -0.1) is 0 Å². The van der Waals surface area contributed by atoms with Crippen LogP contribution in [-0.2, 0) is 18.6 Å². The van der Waals surface area contributed by atoms with Gasteiger partial charge >= 0.3 is 0 Å². The number of benzene rings is 1. The molecule has 3 amide bonds. The lowest BCUT2D eigenvalue weighted by atomic mass is 10.1. The van der Waals surface area contributed by atoms with E-state index in [2.05, 4.69) is 10.6 Å². The molecule has 0 radical (unpaired) electrons. The Morgan fingerprint density at radius 2 is 2.05 bits per heavy atom. The highest BCUT2D eigenvalue weighted by Crippen LogP contribution is 2.16. The molecule has 112 valence electrons. The molecule has 1 aliphatic rings. The van der Waals surface area contributed by atoms with Crippen molar-refractivity contribution in [3.63, 3.8) is 0 Å². The number of hydrogen-bond acceptors (Lipinski definition) is 5. The van der Waals surface area contributed by atoms with Crippen molar-refractivity contribution in [3.05, 3.63) is 29.8 Å². The minimum atomic E-state index is -3.94. The Bertz CT molecular complexity index is 716. The van der Waals surface area contributed by atoms with Gasteiger partial charge in [-0.25, -0.2) is 8.42 Å². The van der Waals surface area contributed by atoms with E-state index in [4.69, 9.17) is 10.7 Å². The highest BCUT2D eigenvalue weighted by molar-refractivity contribution is 8.13. The topological polar surface area (TPSA) is 109 Å². The average Bonchev–Trinajstić information content (AvgIpc) is 2.41. The summed E-state index contributed by atoms with van der Waals surface area (Å²) in [6.07, 6.45) is 0.330. The molecule has 0 aliphatic carbocycles. The lowest BCUT2D eigenvalue weighted by Crippen LogP contribution is -2.52. The lowest BCUT2D eigenvalue weighted by molar-refractivity contribution is -0.134. The molecule has 1 atom stereocenters. The Labute approximate surface area is 125 Å². The summed E-state index contributed by atoms with van der Waals surface area (Å²) >= 11 is 0. The van der Waals surface area contributed by atoms with Crippen LogP contribution >= 0.6 is 10.7 Å². The Morgan fingerprint density at radius 1 is 1.33 bits per heavy atom. The van der Waals surface area contributed by atoms with Crippen LogP contribution in [0.4, 0.5) is 0 Å². The minimum absolute atomic E-state index is 0.0569. The third kappa shape index (κ3) is 3.79. The van der Waals surface area contributed by atoms with Crippen molar-refractivity contribution in [2.45, 2.75) is 23.8 Å². The van der Waals surface area contributed by atoms with Crippen molar-refractivity contribution in [2.24, 2.45) is 0 Å². The number of amides is 3. The van der Waals surface area contributed by atoms with E-state index >= 15 is 0 Å². The number of carbonyl (C=O) groups is 3. The monoisotopic (exact) mass is 330 g/mol. The van der Waals surface area contributed by atoms with Crippen LogP contribution in [0.5, 0.6) is 0 Å². The first-order chi connectivity index (χ1) is 9.77. The first-order valence-electron chi connectivity index (χ1n) is 5.96. The van der Waals surface area contributed by atoms with Crippen molar-refractivity contribution >= 4 is 37.5 Å². The van der Waals surface area contributed by atoms with Crippen LogP contribution in [0, 0.1) is 0 Å². The number of imide groups is 1. The van der Waals surface area contributed by atoms with Gasteiger partial charge < -0.3 is 5.32 Å². The fourth-order valence-electron chi connectivity index (χ4n) is 1.86. The molecule has 1 fully saturated rings. The van der Waals surface area contributed by atoms with Gasteiger partial charge in [-0.2, -0.15) is 0 Å². The molecule has 1 heterocycles.